The summed E-state index contributed by atoms with van der Waals surface area (Å²) >= 11 is 14.0. The first-order chi connectivity index (χ1) is 14.9. The number of esters is 1. The number of hydrogen-bond acceptors (Lipinski definition) is 3. The lowest BCUT2D eigenvalue weighted by Crippen LogP contribution is -2.06. The molecule has 0 aromatic heterocycles. The van der Waals surface area contributed by atoms with Crippen molar-refractivity contribution in [1.82, 2.24) is 0 Å². The van der Waals surface area contributed by atoms with Crippen molar-refractivity contribution in [1.29, 1.82) is 0 Å². The highest BCUT2D eigenvalue weighted by Crippen LogP contribution is 2.37. The number of halogens is 2. The summed E-state index contributed by atoms with van der Waals surface area (Å²) in [6, 6.07) is 24.1. The summed E-state index contributed by atoms with van der Waals surface area (Å²) in [6.07, 6.45) is 0.235. The number of hydrogen-bond donors (Lipinski definition) is 0. The minimum atomic E-state index is -0.253. The van der Waals surface area contributed by atoms with Crippen LogP contribution < -0.4 is 0 Å². The summed E-state index contributed by atoms with van der Waals surface area (Å²) in [5.41, 5.74) is 4.17. The number of ether oxygens (including phenoxy) is 1. The van der Waals surface area contributed by atoms with Crippen LogP contribution in [-0.4, -0.2) is 13.1 Å². The van der Waals surface area contributed by atoms with E-state index >= 15 is 0 Å². The first-order valence-electron chi connectivity index (χ1n) is 9.77. The molecule has 4 aromatic rings. The Bertz CT molecular complexity index is 1250. The van der Waals surface area contributed by atoms with Gasteiger partial charge in [0, 0.05) is 19.8 Å². The van der Waals surface area contributed by atoms with E-state index in [0.29, 0.717) is 5.02 Å². The maximum atomic E-state index is 12.0. The Hall–Kier alpha value is -2.46. The van der Waals surface area contributed by atoms with Crippen molar-refractivity contribution in [3.05, 3.63) is 94.0 Å². The maximum Gasteiger partial charge on any atom is 0.309 e. The number of benzene rings is 4. The van der Waals surface area contributed by atoms with Gasteiger partial charge in [0.1, 0.15) is 0 Å². The zero-order chi connectivity index (χ0) is 22.0. The van der Waals surface area contributed by atoms with E-state index in [-0.39, 0.29) is 12.4 Å². The van der Waals surface area contributed by atoms with E-state index in [4.69, 9.17) is 27.9 Å². The molecular formula is C26H20Cl2O2S. The molecule has 4 rings (SSSR count). The molecule has 0 saturated heterocycles. The zero-order valence-electron chi connectivity index (χ0n) is 17.1. The van der Waals surface area contributed by atoms with Crippen LogP contribution in [0.15, 0.2) is 82.6 Å². The number of carbonyl (C=O) groups excluding carboxylic acids is 1. The average Bonchev–Trinajstić information content (AvgIpc) is 2.77. The predicted molar refractivity (Wildman–Crippen MR) is 130 cm³/mol. The fraction of sp³-hybridized carbons (Fsp3) is 0.115. The van der Waals surface area contributed by atoms with E-state index < -0.39 is 0 Å². The van der Waals surface area contributed by atoms with Gasteiger partial charge in [-0.15, -0.1) is 0 Å². The molecule has 0 radical (unpaired) electrons. The third-order valence-corrected chi connectivity index (χ3v) is 6.73. The van der Waals surface area contributed by atoms with Gasteiger partial charge in [-0.1, -0.05) is 59.2 Å². The summed E-state index contributed by atoms with van der Waals surface area (Å²) in [4.78, 5) is 14.2. The Kier molecular flexibility index (Phi) is 6.57. The van der Waals surface area contributed by atoms with Gasteiger partial charge in [0.2, 0.25) is 0 Å². The van der Waals surface area contributed by atoms with Crippen molar-refractivity contribution in [2.24, 2.45) is 0 Å². The zero-order valence-corrected chi connectivity index (χ0v) is 19.4. The molecular weight excluding hydrogens is 447 g/mol. The van der Waals surface area contributed by atoms with E-state index in [1.165, 1.54) is 7.11 Å². The van der Waals surface area contributed by atoms with Crippen LogP contribution in [0.2, 0.25) is 10.0 Å². The van der Waals surface area contributed by atoms with Gasteiger partial charge in [-0.3, -0.25) is 4.79 Å². The maximum absolute atomic E-state index is 12.0. The number of methoxy groups -OCH3 is 1. The minimum Gasteiger partial charge on any atom is -0.469 e. The van der Waals surface area contributed by atoms with Crippen LogP contribution in [0.5, 0.6) is 0 Å². The van der Waals surface area contributed by atoms with Gasteiger partial charge in [-0.2, -0.15) is 0 Å². The quantitative estimate of drug-likeness (QED) is 0.278. The summed E-state index contributed by atoms with van der Waals surface area (Å²) in [5.74, 6) is -0.253. The van der Waals surface area contributed by atoms with Crippen LogP contribution in [0, 0.1) is 6.92 Å². The van der Waals surface area contributed by atoms with Gasteiger partial charge in [0.15, 0.2) is 0 Å². The predicted octanol–water partition coefficient (Wildman–Crippen LogP) is 7.99. The Morgan fingerprint density at radius 2 is 1.48 bits per heavy atom. The van der Waals surface area contributed by atoms with E-state index in [9.17, 15) is 4.79 Å². The molecule has 0 atom stereocenters. The topological polar surface area (TPSA) is 26.3 Å². The first kappa shape index (κ1) is 21.8. The number of rotatable bonds is 5. The van der Waals surface area contributed by atoms with E-state index in [1.54, 1.807) is 11.8 Å². The summed E-state index contributed by atoms with van der Waals surface area (Å²) in [5, 5.41) is 3.52. The lowest BCUT2D eigenvalue weighted by molar-refractivity contribution is -0.139. The first-order valence-corrected chi connectivity index (χ1v) is 11.3. The monoisotopic (exact) mass is 466 g/mol. The largest absolute Gasteiger partial charge is 0.469 e. The smallest absolute Gasteiger partial charge is 0.309 e. The van der Waals surface area contributed by atoms with Crippen LogP contribution in [0.3, 0.4) is 0 Å². The lowest BCUT2D eigenvalue weighted by Gasteiger charge is -2.16. The van der Waals surface area contributed by atoms with Gasteiger partial charge >= 0.3 is 5.97 Å². The standard InChI is InChI=1S/C26H20Cl2O2S/c1-16-19(14-25(29)30-2)13-18-3-6-21(28)15-24(18)26(16)17-4-9-22(10-5-17)31-23-11-7-20(27)8-12-23/h3-13,15H,14H2,1-2H3. The summed E-state index contributed by atoms with van der Waals surface area (Å²) in [6.45, 7) is 2.05. The van der Waals surface area contributed by atoms with Gasteiger partial charge < -0.3 is 4.74 Å². The molecule has 5 heteroatoms. The molecule has 0 spiro atoms. The molecule has 0 unspecified atom stereocenters. The summed E-state index contributed by atoms with van der Waals surface area (Å²) in [7, 11) is 1.41. The molecule has 4 aromatic carbocycles. The normalized spacial score (nSPS) is 11.0. The lowest BCUT2D eigenvalue weighted by atomic mass is 9.89. The van der Waals surface area contributed by atoms with Crippen molar-refractivity contribution in [3.8, 4) is 11.1 Å². The molecule has 0 aliphatic rings. The minimum absolute atomic E-state index is 0.235. The third-order valence-electron chi connectivity index (χ3n) is 5.23. The highest BCUT2D eigenvalue weighted by Gasteiger charge is 2.15. The Morgan fingerprint density at radius 1 is 0.871 bits per heavy atom. The Morgan fingerprint density at radius 3 is 2.13 bits per heavy atom. The molecule has 156 valence electrons. The number of fused-ring (bicyclic) bond motifs is 1. The Labute approximate surface area is 196 Å². The van der Waals surface area contributed by atoms with Crippen molar-refractivity contribution in [3.63, 3.8) is 0 Å². The molecule has 0 heterocycles. The van der Waals surface area contributed by atoms with Crippen molar-refractivity contribution in [2.75, 3.05) is 7.11 Å². The van der Waals surface area contributed by atoms with Crippen LogP contribution >= 0.6 is 35.0 Å². The van der Waals surface area contributed by atoms with Gasteiger partial charge in [-0.25, -0.2) is 0 Å². The van der Waals surface area contributed by atoms with Crippen molar-refractivity contribution in [2.45, 2.75) is 23.1 Å². The van der Waals surface area contributed by atoms with Crippen LogP contribution in [0.1, 0.15) is 11.1 Å². The fourth-order valence-corrected chi connectivity index (χ4v) is 4.76. The van der Waals surface area contributed by atoms with Crippen LogP contribution in [-0.2, 0) is 16.0 Å². The molecule has 0 saturated carbocycles. The molecule has 0 amide bonds. The van der Waals surface area contributed by atoms with Crippen molar-refractivity contribution >= 4 is 51.7 Å². The molecule has 31 heavy (non-hydrogen) atoms. The molecule has 0 bridgehead atoms. The second-order valence-electron chi connectivity index (χ2n) is 7.23. The van der Waals surface area contributed by atoms with Gasteiger partial charge in [-0.05, 0) is 88.5 Å². The SMILES string of the molecule is COC(=O)Cc1cc2ccc(Cl)cc2c(-c2ccc(Sc3ccc(Cl)cc3)cc2)c1C. The molecule has 0 N–H and O–H groups in total. The highest BCUT2D eigenvalue weighted by atomic mass is 35.5. The van der Waals surface area contributed by atoms with Gasteiger partial charge in [0.25, 0.3) is 0 Å². The molecule has 0 aliphatic carbocycles. The molecule has 0 fully saturated rings. The third kappa shape index (κ3) is 4.90. The van der Waals surface area contributed by atoms with E-state index in [0.717, 1.165) is 47.8 Å². The van der Waals surface area contributed by atoms with E-state index in [2.05, 4.69) is 24.3 Å². The highest BCUT2D eigenvalue weighted by molar-refractivity contribution is 7.99. The number of carbonyl (C=O) groups is 1. The Balaban J connectivity index is 1.76. The van der Waals surface area contributed by atoms with E-state index in [1.807, 2.05) is 55.5 Å². The second-order valence-corrected chi connectivity index (χ2v) is 9.25. The van der Waals surface area contributed by atoms with Crippen LogP contribution in [0.4, 0.5) is 0 Å². The fourth-order valence-electron chi connectivity index (χ4n) is 3.64. The van der Waals surface area contributed by atoms with Crippen LogP contribution in [0.25, 0.3) is 21.9 Å². The molecule has 2 nitrogen and oxygen atoms in total. The summed E-state index contributed by atoms with van der Waals surface area (Å²) < 4.78 is 4.89. The van der Waals surface area contributed by atoms with Gasteiger partial charge in [0.05, 0.1) is 13.5 Å². The average molecular weight is 467 g/mol. The molecule has 0 aliphatic heterocycles. The van der Waals surface area contributed by atoms with Crippen molar-refractivity contribution < 1.29 is 9.53 Å². The second kappa shape index (κ2) is 9.35.